The van der Waals surface area contributed by atoms with Crippen LogP contribution >= 0.6 is 0 Å². The van der Waals surface area contributed by atoms with Crippen molar-refractivity contribution in [1.82, 2.24) is 0 Å². The number of hydrogen-bond acceptors (Lipinski definition) is 3. The van der Waals surface area contributed by atoms with Gasteiger partial charge in [0.25, 0.3) is 0 Å². The number of aliphatic hydroxyl groups is 1. The molecule has 2 N–H and O–H groups in total. The van der Waals surface area contributed by atoms with Crippen LogP contribution in [-0.4, -0.2) is 35.4 Å². The van der Waals surface area contributed by atoms with Gasteiger partial charge in [0.15, 0.2) is 0 Å². The van der Waals surface area contributed by atoms with Gasteiger partial charge in [0.2, 0.25) is 0 Å². The van der Waals surface area contributed by atoms with E-state index in [1.54, 1.807) is 12.1 Å². The van der Waals surface area contributed by atoms with E-state index in [0.717, 1.165) is 36.9 Å². The molecule has 1 aromatic rings. The van der Waals surface area contributed by atoms with Crippen LogP contribution in [0.1, 0.15) is 41.6 Å². The SMILES string of the molecule is Cc1cc(C(=O)O)ccc1N(C)C1CCCCC1O. The number of carbonyl (C=O) groups is 1. The van der Waals surface area contributed by atoms with Gasteiger partial charge < -0.3 is 15.1 Å². The van der Waals surface area contributed by atoms with Gasteiger partial charge >= 0.3 is 5.97 Å². The summed E-state index contributed by atoms with van der Waals surface area (Å²) in [6.07, 6.45) is 3.76. The van der Waals surface area contributed by atoms with Crippen molar-refractivity contribution in [1.29, 1.82) is 0 Å². The van der Waals surface area contributed by atoms with E-state index < -0.39 is 5.97 Å². The van der Waals surface area contributed by atoms with E-state index in [1.807, 2.05) is 20.0 Å². The van der Waals surface area contributed by atoms with Gasteiger partial charge in [-0.3, -0.25) is 0 Å². The number of carboxylic acid groups (broad SMARTS) is 1. The number of carboxylic acids is 1. The summed E-state index contributed by atoms with van der Waals surface area (Å²) in [5, 5.41) is 19.1. The van der Waals surface area contributed by atoms with Crippen LogP contribution in [0.3, 0.4) is 0 Å². The number of nitrogens with zero attached hydrogens (tertiary/aromatic N) is 1. The molecule has 4 nitrogen and oxygen atoms in total. The van der Waals surface area contributed by atoms with E-state index in [9.17, 15) is 9.90 Å². The molecule has 19 heavy (non-hydrogen) atoms. The van der Waals surface area contributed by atoms with Crippen molar-refractivity contribution in [2.75, 3.05) is 11.9 Å². The molecule has 1 aliphatic rings. The lowest BCUT2D eigenvalue weighted by molar-refractivity contribution is 0.0696. The fourth-order valence-electron chi connectivity index (χ4n) is 2.91. The van der Waals surface area contributed by atoms with E-state index in [-0.39, 0.29) is 12.1 Å². The third-order valence-electron chi connectivity index (χ3n) is 4.02. The van der Waals surface area contributed by atoms with Crippen molar-refractivity contribution in [3.63, 3.8) is 0 Å². The molecular weight excluding hydrogens is 242 g/mol. The maximum absolute atomic E-state index is 10.9. The first-order valence-electron chi connectivity index (χ1n) is 6.75. The van der Waals surface area contributed by atoms with Crippen LogP contribution < -0.4 is 4.90 Å². The number of rotatable bonds is 3. The van der Waals surface area contributed by atoms with Gasteiger partial charge in [0, 0.05) is 12.7 Å². The fraction of sp³-hybridized carbons (Fsp3) is 0.533. The zero-order valence-corrected chi connectivity index (χ0v) is 11.5. The molecule has 2 atom stereocenters. The van der Waals surface area contributed by atoms with Crippen molar-refractivity contribution in [3.8, 4) is 0 Å². The molecule has 1 aliphatic carbocycles. The van der Waals surface area contributed by atoms with Crippen LogP contribution in [0.4, 0.5) is 5.69 Å². The number of likely N-dealkylation sites (N-methyl/N-ethyl adjacent to an activating group) is 1. The summed E-state index contributed by atoms with van der Waals surface area (Å²) in [5.41, 5.74) is 2.23. The molecular formula is C15H21NO3. The standard InChI is InChI=1S/C15H21NO3/c1-10-9-11(15(18)19)7-8-12(10)16(2)13-5-3-4-6-14(13)17/h7-9,13-14,17H,3-6H2,1-2H3,(H,18,19). The Morgan fingerprint density at radius 2 is 2.00 bits per heavy atom. The maximum Gasteiger partial charge on any atom is 0.335 e. The zero-order valence-electron chi connectivity index (χ0n) is 11.5. The molecule has 0 saturated heterocycles. The number of hydrogen-bond donors (Lipinski definition) is 2. The highest BCUT2D eigenvalue weighted by molar-refractivity contribution is 5.88. The van der Waals surface area contributed by atoms with Crippen molar-refractivity contribution < 1.29 is 15.0 Å². The first kappa shape index (κ1) is 13.9. The Balaban J connectivity index is 2.23. The minimum absolute atomic E-state index is 0.128. The van der Waals surface area contributed by atoms with Gasteiger partial charge in [-0.25, -0.2) is 4.79 Å². The number of benzene rings is 1. The van der Waals surface area contributed by atoms with Crippen LogP contribution in [0.15, 0.2) is 18.2 Å². The quantitative estimate of drug-likeness (QED) is 0.879. The van der Waals surface area contributed by atoms with Crippen LogP contribution in [0.25, 0.3) is 0 Å². The molecule has 0 radical (unpaired) electrons. The summed E-state index contributed by atoms with van der Waals surface area (Å²) in [4.78, 5) is 13.0. The molecule has 2 rings (SSSR count). The highest BCUT2D eigenvalue weighted by Crippen LogP contribution is 2.29. The Labute approximate surface area is 113 Å². The highest BCUT2D eigenvalue weighted by atomic mass is 16.4. The van der Waals surface area contributed by atoms with Gasteiger partial charge in [-0.2, -0.15) is 0 Å². The maximum atomic E-state index is 10.9. The summed E-state index contributed by atoms with van der Waals surface area (Å²) in [5.74, 6) is -0.907. The Hall–Kier alpha value is -1.55. The summed E-state index contributed by atoms with van der Waals surface area (Å²) in [6, 6.07) is 5.27. The molecule has 1 saturated carbocycles. The Morgan fingerprint density at radius 1 is 1.32 bits per heavy atom. The monoisotopic (exact) mass is 263 g/mol. The summed E-state index contributed by atoms with van der Waals surface area (Å²) < 4.78 is 0. The van der Waals surface area contributed by atoms with Crippen molar-refractivity contribution in [3.05, 3.63) is 29.3 Å². The zero-order chi connectivity index (χ0) is 14.0. The van der Waals surface area contributed by atoms with E-state index in [4.69, 9.17) is 5.11 Å². The normalized spacial score (nSPS) is 23.1. The molecule has 1 aromatic carbocycles. The smallest absolute Gasteiger partial charge is 0.335 e. The van der Waals surface area contributed by atoms with Gasteiger partial charge in [-0.15, -0.1) is 0 Å². The minimum Gasteiger partial charge on any atom is -0.478 e. The van der Waals surface area contributed by atoms with Crippen LogP contribution in [0.2, 0.25) is 0 Å². The predicted octanol–water partition coefficient (Wildman–Crippen LogP) is 2.43. The summed E-state index contributed by atoms with van der Waals surface area (Å²) in [6.45, 7) is 1.91. The summed E-state index contributed by atoms with van der Waals surface area (Å²) >= 11 is 0. The van der Waals surface area contributed by atoms with Gasteiger partial charge in [0.05, 0.1) is 17.7 Å². The van der Waals surface area contributed by atoms with Gasteiger partial charge in [0.1, 0.15) is 0 Å². The van der Waals surface area contributed by atoms with Crippen LogP contribution in [-0.2, 0) is 0 Å². The minimum atomic E-state index is -0.907. The van der Waals surface area contributed by atoms with E-state index in [2.05, 4.69) is 4.90 Å². The van der Waals surface area contributed by atoms with E-state index in [1.165, 1.54) is 0 Å². The molecule has 0 amide bonds. The second kappa shape index (κ2) is 5.61. The molecule has 104 valence electrons. The highest BCUT2D eigenvalue weighted by Gasteiger charge is 2.27. The first-order valence-corrected chi connectivity index (χ1v) is 6.75. The van der Waals surface area contributed by atoms with E-state index in [0.29, 0.717) is 5.56 Å². The molecule has 2 unspecified atom stereocenters. The molecule has 0 aliphatic heterocycles. The molecule has 0 bridgehead atoms. The molecule has 1 fully saturated rings. The predicted molar refractivity (Wildman–Crippen MR) is 74.8 cm³/mol. The van der Waals surface area contributed by atoms with Crippen LogP contribution in [0.5, 0.6) is 0 Å². The van der Waals surface area contributed by atoms with Crippen molar-refractivity contribution >= 4 is 11.7 Å². The second-order valence-electron chi connectivity index (χ2n) is 5.34. The lowest BCUT2D eigenvalue weighted by Crippen LogP contribution is -2.43. The van der Waals surface area contributed by atoms with E-state index >= 15 is 0 Å². The molecule has 0 spiro atoms. The Morgan fingerprint density at radius 3 is 2.58 bits per heavy atom. The number of aliphatic hydroxyl groups excluding tert-OH is 1. The third-order valence-corrected chi connectivity index (χ3v) is 4.02. The fourth-order valence-corrected chi connectivity index (χ4v) is 2.91. The lowest BCUT2D eigenvalue weighted by atomic mass is 9.91. The van der Waals surface area contributed by atoms with Crippen molar-refractivity contribution in [2.45, 2.75) is 44.8 Å². The largest absolute Gasteiger partial charge is 0.478 e. The molecule has 0 heterocycles. The number of aryl methyl sites for hydroxylation is 1. The van der Waals surface area contributed by atoms with Gasteiger partial charge in [-0.1, -0.05) is 12.8 Å². The number of aromatic carboxylic acids is 1. The second-order valence-corrected chi connectivity index (χ2v) is 5.34. The molecule has 4 heteroatoms. The third kappa shape index (κ3) is 2.89. The van der Waals surface area contributed by atoms with Crippen molar-refractivity contribution in [2.24, 2.45) is 0 Å². The average Bonchev–Trinajstić information content (AvgIpc) is 2.38. The molecule has 0 aromatic heterocycles. The average molecular weight is 263 g/mol. The number of anilines is 1. The van der Waals surface area contributed by atoms with Gasteiger partial charge in [-0.05, 0) is 43.5 Å². The summed E-state index contributed by atoms with van der Waals surface area (Å²) in [7, 11) is 1.97. The Bertz CT molecular complexity index is 472. The first-order chi connectivity index (χ1) is 9.00. The van der Waals surface area contributed by atoms with Crippen LogP contribution in [0, 0.1) is 6.92 Å². The Kier molecular flexibility index (Phi) is 4.10. The lowest BCUT2D eigenvalue weighted by Gasteiger charge is -2.37. The topological polar surface area (TPSA) is 60.8 Å².